The SMILES string of the molecule is CC.CCCC1CN(C)CCN1C. The Hall–Kier alpha value is -0.0800. The van der Waals surface area contributed by atoms with Gasteiger partial charge in [0.15, 0.2) is 0 Å². The highest BCUT2D eigenvalue weighted by Gasteiger charge is 2.20. The summed E-state index contributed by atoms with van der Waals surface area (Å²) >= 11 is 0. The molecule has 13 heavy (non-hydrogen) atoms. The van der Waals surface area contributed by atoms with Gasteiger partial charge in [-0.3, -0.25) is 0 Å². The van der Waals surface area contributed by atoms with Gasteiger partial charge in [-0.2, -0.15) is 0 Å². The Kier molecular flexibility index (Phi) is 7.29. The van der Waals surface area contributed by atoms with E-state index in [0.29, 0.717) is 0 Å². The van der Waals surface area contributed by atoms with E-state index in [-0.39, 0.29) is 0 Å². The van der Waals surface area contributed by atoms with Gasteiger partial charge >= 0.3 is 0 Å². The van der Waals surface area contributed by atoms with Crippen LogP contribution < -0.4 is 0 Å². The van der Waals surface area contributed by atoms with Crippen molar-refractivity contribution in [1.82, 2.24) is 9.80 Å². The van der Waals surface area contributed by atoms with Gasteiger partial charge in [-0.05, 0) is 20.5 Å². The van der Waals surface area contributed by atoms with E-state index in [1.54, 1.807) is 0 Å². The Morgan fingerprint density at radius 1 is 1.15 bits per heavy atom. The number of hydrogen-bond donors (Lipinski definition) is 0. The molecule has 1 rings (SSSR count). The summed E-state index contributed by atoms with van der Waals surface area (Å²) in [4.78, 5) is 4.92. The van der Waals surface area contributed by atoms with Gasteiger partial charge in [-0.1, -0.05) is 27.2 Å². The summed E-state index contributed by atoms with van der Waals surface area (Å²) < 4.78 is 0. The zero-order valence-corrected chi connectivity index (χ0v) is 10.0. The summed E-state index contributed by atoms with van der Waals surface area (Å²) in [5, 5.41) is 0. The highest BCUT2D eigenvalue weighted by Crippen LogP contribution is 2.10. The summed E-state index contributed by atoms with van der Waals surface area (Å²) in [6, 6.07) is 0.804. The lowest BCUT2D eigenvalue weighted by Crippen LogP contribution is -2.49. The van der Waals surface area contributed by atoms with Crippen molar-refractivity contribution in [2.45, 2.75) is 39.7 Å². The fraction of sp³-hybridized carbons (Fsp3) is 1.00. The molecule has 0 aromatic carbocycles. The highest BCUT2D eigenvalue weighted by atomic mass is 15.3. The van der Waals surface area contributed by atoms with E-state index >= 15 is 0 Å². The first-order valence-electron chi connectivity index (χ1n) is 5.62. The van der Waals surface area contributed by atoms with E-state index in [2.05, 4.69) is 30.8 Å². The molecular formula is C11H26N2. The van der Waals surface area contributed by atoms with E-state index in [4.69, 9.17) is 0 Å². The average molecular weight is 186 g/mol. The largest absolute Gasteiger partial charge is 0.304 e. The summed E-state index contributed by atoms with van der Waals surface area (Å²) in [5.74, 6) is 0. The van der Waals surface area contributed by atoms with Crippen molar-refractivity contribution in [3.05, 3.63) is 0 Å². The van der Waals surface area contributed by atoms with Crippen molar-refractivity contribution in [3.8, 4) is 0 Å². The monoisotopic (exact) mass is 186 g/mol. The Morgan fingerprint density at radius 3 is 2.31 bits per heavy atom. The van der Waals surface area contributed by atoms with Crippen LogP contribution in [-0.2, 0) is 0 Å². The van der Waals surface area contributed by atoms with Gasteiger partial charge in [0.2, 0.25) is 0 Å². The van der Waals surface area contributed by atoms with Crippen molar-refractivity contribution < 1.29 is 0 Å². The van der Waals surface area contributed by atoms with Gasteiger partial charge in [0.1, 0.15) is 0 Å². The fourth-order valence-corrected chi connectivity index (χ4v) is 1.75. The van der Waals surface area contributed by atoms with Gasteiger partial charge in [-0.25, -0.2) is 0 Å². The number of likely N-dealkylation sites (N-methyl/N-ethyl adjacent to an activating group) is 2. The quantitative estimate of drug-likeness (QED) is 0.651. The minimum Gasteiger partial charge on any atom is -0.304 e. The van der Waals surface area contributed by atoms with E-state index < -0.39 is 0 Å². The number of nitrogens with zero attached hydrogens (tertiary/aromatic N) is 2. The molecule has 0 spiro atoms. The van der Waals surface area contributed by atoms with Crippen molar-refractivity contribution in [3.63, 3.8) is 0 Å². The van der Waals surface area contributed by atoms with Crippen molar-refractivity contribution >= 4 is 0 Å². The van der Waals surface area contributed by atoms with Gasteiger partial charge in [0.25, 0.3) is 0 Å². The molecule has 2 heteroatoms. The van der Waals surface area contributed by atoms with Crippen LogP contribution in [0.1, 0.15) is 33.6 Å². The summed E-state index contributed by atoms with van der Waals surface area (Å²) in [5.41, 5.74) is 0. The van der Waals surface area contributed by atoms with Crippen LogP contribution in [0, 0.1) is 0 Å². The molecule has 1 aliphatic heterocycles. The third-order valence-corrected chi connectivity index (χ3v) is 2.60. The zero-order chi connectivity index (χ0) is 10.3. The standard InChI is InChI=1S/C9H20N2.C2H6/c1-4-5-9-8-10(2)6-7-11(9)3;1-2/h9H,4-8H2,1-3H3;1-2H3. The molecule has 0 bridgehead atoms. The second-order valence-corrected chi connectivity index (χ2v) is 3.69. The van der Waals surface area contributed by atoms with Crippen LogP contribution in [0.4, 0.5) is 0 Å². The molecule has 80 valence electrons. The predicted octanol–water partition coefficient (Wildman–Crippen LogP) is 2.06. The van der Waals surface area contributed by atoms with Crippen LogP contribution in [0.15, 0.2) is 0 Å². The van der Waals surface area contributed by atoms with Crippen molar-refractivity contribution in [2.24, 2.45) is 0 Å². The molecule has 2 nitrogen and oxygen atoms in total. The summed E-state index contributed by atoms with van der Waals surface area (Å²) in [7, 11) is 4.46. The van der Waals surface area contributed by atoms with Crippen molar-refractivity contribution in [2.75, 3.05) is 33.7 Å². The predicted molar refractivity (Wildman–Crippen MR) is 60.2 cm³/mol. The highest BCUT2D eigenvalue weighted by molar-refractivity contribution is 4.77. The van der Waals surface area contributed by atoms with Gasteiger partial charge in [-0.15, -0.1) is 0 Å². The topological polar surface area (TPSA) is 6.48 Å². The lowest BCUT2D eigenvalue weighted by Gasteiger charge is -2.37. The maximum absolute atomic E-state index is 2.49. The molecule has 0 radical (unpaired) electrons. The molecule has 0 N–H and O–H groups in total. The van der Waals surface area contributed by atoms with Crippen LogP contribution in [0.25, 0.3) is 0 Å². The van der Waals surface area contributed by atoms with E-state index in [1.807, 2.05) is 13.8 Å². The second-order valence-electron chi connectivity index (χ2n) is 3.69. The molecule has 1 unspecified atom stereocenters. The zero-order valence-electron chi connectivity index (χ0n) is 10.0. The molecule has 1 fully saturated rings. The molecule has 1 heterocycles. The van der Waals surface area contributed by atoms with E-state index in [9.17, 15) is 0 Å². The van der Waals surface area contributed by atoms with Gasteiger partial charge in [0, 0.05) is 25.7 Å². The van der Waals surface area contributed by atoms with Crippen molar-refractivity contribution in [1.29, 1.82) is 0 Å². The fourth-order valence-electron chi connectivity index (χ4n) is 1.75. The number of piperazine rings is 1. The average Bonchev–Trinajstić information content (AvgIpc) is 2.15. The van der Waals surface area contributed by atoms with Crippen LogP contribution in [-0.4, -0.2) is 49.6 Å². The van der Waals surface area contributed by atoms with Gasteiger partial charge < -0.3 is 9.80 Å². The van der Waals surface area contributed by atoms with Crippen LogP contribution >= 0.6 is 0 Å². The Bertz CT molecular complexity index is 115. The third kappa shape index (κ3) is 4.63. The molecule has 1 aliphatic rings. The van der Waals surface area contributed by atoms with E-state index in [1.165, 1.54) is 32.5 Å². The Labute approximate surface area is 83.9 Å². The number of hydrogen-bond acceptors (Lipinski definition) is 2. The Balaban J connectivity index is 0.000000671. The van der Waals surface area contributed by atoms with Crippen LogP contribution in [0.2, 0.25) is 0 Å². The first kappa shape index (κ1) is 12.9. The molecule has 0 amide bonds. The summed E-state index contributed by atoms with van der Waals surface area (Å²) in [6.45, 7) is 9.99. The first-order valence-corrected chi connectivity index (χ1v) is 5.62. The lowest BCUT2D eigenvalue weighted by molar-refractivity contribution is 0.108. The molecule has 1 saturated heterocycles. The minimum atomic E-state index is 0.804. The van der Waals surface area contributed by atoms with Gasteiger partial charge in [0.05, 0.1) is 0 Å². The Morgan fingerprint density at radius 2 is 1.77 bits per heavy atom. The maximum atomic E-state index is 2.49. The lowest BCUT2D eigenvalue weighted by atomic mass is 10.1. The molecule has 1 atom stereocenters. The third-order valence-electron chi connectivity index (χ3n) is 2.60. The second kappa shape index (κ2) is 7.34. The molecule has 0 aromatic rings. The molecule has 0 aromatic heterocycles. The molecular weight excluding hydrogens is 160 g/mol. The van der Waals surface area contributed by atoms with Crippen LogP contribution in [0.3, 0.4) is 0 Å². The summed E-state index contributed by atoms with van der Waals surface area (Å²) in [6.07, 6.45) is 2.66. The van der Waals surface area contributed by atoms with Crippen LogP contribution in [0.5, 0.6) is 0 Å². The molecule has 0 saturated carbocycles. The van der Waals surface area contributed by atoms with E-state index in [0.717, 1.165) is 6.04 Å². The smallest absolute Gasteiger partial charge is 0.0220 e. The number of rotatable bonds is 2. The minimum absolute atomic E-state index is 0.804. The normalized spacial score (nSPS) is 25.2. The maximum Gasteiger partial charge on any atom is 0.0220 e. The first-order chi connectivity index (χ1) is 6.24. The molecule has 0 aliphatic carbocycles.